The van der Waals surface area contributed by atoms with Crippen LogP contribution in [0.1, 0.15) is 0 Å². The number of nitrogens with zero attached hydrogens (tertiary/aromatic N) is 2. The summed E-state index contributed by atoms with van der Waals surface area (Å²) in [6.07, 6.45) is 0. The van der Waals surface area contributed by atoms with E-state index in [-0.39, 0.29) is 0 Å². The smallest absolute Gasteiger partial charge is 0.328 e. The van der Waals surface area contributed by atoms with Gasteiger partial charge in [-0.05, 0) is 0 Å². The molecule has 0 unspecified atom stereocenters. The Kier molecular flexibility index (Phi) is 3.04. The van der Waals surface area contributed by atoms with Gasteiger partial charge in [-0.1, -0.05) is 0 Å². The summed E-state index contributed by atoms with van der Waals surface area (Å²) >= 11 is 0. The summed E-state index contributed by atoms with van der Waals surface area (Å²) in [6, 6.07) is 0. The molecule has 20 heavy (non-hydrogen) atoms. The highest BCUT2D eigenvalue weighted by molar-refractivity contribution is 5.46. The first-order valence-electron chi connectivity index (χ1n) is 4.91. The quantitative estimate of drug-likeness (QED) is 0.353. The van der Waals surface area contributed by atoms with Crippen molar-refractivity contribution in [1.82, 2.24) is 19.9 Å². The van der Waals surface area contributed by atoms with Crippen LogP contribution in [-0.2, 0) is 0 Å². The summed E-state index contributed by atoms with van der Waals surface area (Å²) in [5, 5.41) is 25.0. The van der Waals surface area contributed by atoms with Gasteiger partial charge in [0.2, 0.25) is 23.1 Å². The molecular formula is C8H6N6O6. The average Bonchev–Trinajstić information content (AvgIpc) is 2.30. The second kappa shape index (κ2) is 4.68. The maximum absolute atomic E-state index is 11.3. The van der Waals surface area contributed by atoms with Crippen molar-refractivity contribution in [3.8, 4) is 11.8 Å². The molecule has 12 nitrogen and oxygen atoms in total. The molecule has 104 valence electrons. The lowest BCUT2D eigenvalue weighted by molar-refractivity contribution is 0.447. The van der Waals surface area contributed by atoms with E-state index in [1.807, 2.05) is 9.97 Å². The summed E-state index contributed by atoms with van der Waals surface area (Å²) < 4.78 is 0. The Morgan fingerprint density at radius 2 is 1.00 bits per heavy atom. The van der Waals surface area contributed by atoms with Crippen LogP contribution in [0.25, 0.3) is 0 Å². The van der Waals surface area contributed by atoms with Crippen molar-refractivity contribution in [3.63, 3.8) is 0 Å². The van der Waals surface area contributed by atoms with Crippen LogP contribution < -0.4 is 22.5 Å². The molecule has 0 saturated carbocycles. The molecule has 0 radical (unpaired) electrons. The van der Waals surface area contributed by atoms with Crippen molar-refractivity contribution in [2.75, 3.05) is 0 Å². The van der Waals surface area contributed by atoms with Crippen LogP contribution in [0.2, 0.25) is 0 Å². The summed E-state index contributed by atoms with van der Waals surface area (Å²) in [5.74, 6) is -1.74. The fourth-order valence-corrected chi connectivity index (χ4v) is 1.22. The highest BCUT2D eigenvalue weighted by Gasteiger charge is 2.10. The van der Waals surface area contributed by atoms with E-state index in [1.165, 1.54) is 0 Å². The lowest BCUT2D eigenvalue weighted by Crippen LogP contribution is -2.21. The van der Waals surface area contributed by atoms with Crippen LogP contribution in [-0.4, -0.2) is 30.1 Å². The molecule has 0 amide bonds. The van der Waals surface area contributed by atoms with E-state index in [0.717, 1.165) is 0 Å². The van der Waals surface area contributed by atoms with Gasteiger partial charge in [0, 0.05) is 0 Å². The van der Waals surface area contributed by atoms with Gasteiger partial charge in [0.1, 0.15) is 0 Å². The molecule has 6 N–H and O–H groups in total. The molecule has 0 aliphatic heterocycles. The van der Waals surface area contributed by atoms with E-state index in [2.05, 4.69) is 10.2 Å². The number of hydrogen-bond donors (Lipinski definition) is 6. The van der Waals surface area contributed by atoms with Crippen LogP contribution >= 0.6 is 0 Å². The monoisotopic (exact) mass is 282 g/mol. The number of aromatic nitrogens is 4. The summed E-state index contributed by atoms with van der Waals surface area (Å²) in [5.41, 5.74) is -5.41. The van der Waals surface area contributed by atoms with Crippen LogP contribution in [0.3, 0.4) is 0 Å². The molecule has 0 aliphatic rings. The first-order valence-corrected chi connectivity index (χ1v) is 4.91. The molecule has 0 spiro atoms. The number of H-pyrrole nitrogens is 4. The van der Waals surface area contributed by atoms with Crippen molar-refractivity contribution in [2.24, 2.45) is 10.2 Å². The molecule has 2 heterocycles. The van der Waals surface area contributed by atoms with Gasteiger partial charge < -0.3 is 10.2 Å². The first kappa shape index (κ1) is 13.0. The molecule has 0 aromatic carbocycles. The summed E-state index contributed by atoms with van der Waals surface area (Å²) in [6.45, 7) is 0. The third-order valence-corrected chi connectivity index (χ3v) is 2.05. The van der Waals surface area contributed by atoms with Gasteiger partial charge in [-0.25, -0.2) is 9.59 Å². The number of aromatic hydroxyl groups is 2. The molecule has 12 heteroatoms. The lowest BCUT2D eigenvalue weighted by Gasteiger charge is -1.96. The molecule has 2 aromatic heterocycles. The van der Waals surface area contributed by atoms with Gasteiger partial charge in [0.15, 0.2) is 0 Å². The van der Waals surface area contributed by atoms with Gasteiger partial charge in [-0.3, -0.25) is 29.5 Å². The largest absolute Gasteiger partial charge is 0.493 e. The Labute approximate surface area is 106 Å². The zero-order valence-electron chi connectivity index (χ0n) is 9.42. The zero-order valence-corrected chi connectivity index (χ0v) is 9.42. The lowest BCUT2D eigenvalue weighted by atomic mass is 10.5. The zero-order chi connectivity index (χ0) is 14.9. The highest BCUT2D eigenvalue weighted by atomic mass is 16.3. The summed E-state index contributed by atoms with van der Waals surface area (Å²) in [7, 11) is 0. The fourth-order valence-electron chi connectivity index (χ4n) is 1.22. The maximum atomic E-state index is 11.3. The van der Waals surface area contributed by atoms with Crippen molar-refractivity contribution in [3.05, 3.63) is 41.7 Å². The number of rotatable bonds is 2. The minimum absolute atomic E-state index is 0.686. The SMILES string of the molecule is O=c1[nH]c(O)c(/N=N/c2c(O)[nH]c(=O)[nH]c2=O)c(=O)[nH]1. The Bertz CT molecular complexity index is 839. The highest BCUT2D eigenvalue weighted by Crippen LogP contribution is 2.21. The van der Waals surface area contributed by atoms with E-state index in [9.17, 15) is 29.4 Å². The van der Waals surface area contributed by atoms with E-state index < -0.39 is 45.6 Å². The second-order valence-corrected chi connectivity index (χ2v) is 3.41. The van der Waals surface area contributed by atoms with Gasteiger partial charge in [0.25, 0.3) is 11.1 Å². The van der Waals surface area contributed by atoms with Crippen molar-refractivity contribution in [2.45, 2.75) is 0 Å². The van der Waals surface area contributed by atoms with E-state index in [0.29, 0.717) is 0 Å². The minimum atomic E-state index is -1.06. The van der Waals surface area contributed by atoms with Crippen LogP contribution in [0.15, 0.2) is 29.4 Å². The molecule has 0 aliphatic carbocycles. The standard InChI is InChI=1S/C8H6N6O6/c15-3-1(4(16)10-7(19)9-3)13-14-2-5(17)11-8(20)12-6(2)18/h(H3,9,10,15,16,19)(H3,11,12,17,18,20)/b14-13+. The van der Waals surface area contributed by atoms with Crippen molar-refractivity contribution >= 4 is 11.4 Å². The molecule has 0 bridgehead atoms. The van der Waals surface area contributed by atoms with E-state index in [4.69, 9.17) is 0 Å². The Morgan fingerprint density at radius 3 is 1.30 bits per heavy atom. The number of hydrogen-bond acceptors (Lipinski definition) is 8. The second-order valence-electron chi connectivity index (χ2n) is 3.41. The summed E-state index contributed by atoms with van der Waals surface area (Å²) in [4.78, 5) is 51.4. The third kappa shape index (κ3) is 2.38. The normalized spacial score (nSPS) is 11.0. The molecule has 0 saturated heterocycles. The molecule has 2 aromatic rings. The fraction of sp³-hybridized carbons (Fsp3) is 0. The van der Waals surface area contributed by atoms with Crippen LogP contribution in [0, 0.1) is 0 Å². The Balaban J connectivity index is 2.56. The molecular weight excluding hydrogens is 276 g/mol. The number of azo groups is 1. The topological polar surface area (TPSA) is 197 Å². The van der Waals surface area contributed by atoms with Crippen LogP contribution in [0.5, 0.6) is 11.8 Å². The minimum Gasteiger partial charge on any atom is -0.493 e. The average molecular weight is 282 g/mol. The predicted molar refractivity (Wildman–Crippen MR) is 62.9 cm³/mol. The van der Waals surface area contributed by atoms with Gasteiger partial charge in [-0.2, -0.15) is 0 Å². The van der Waals surface area contributed by atoms with Gasteiger partial charge in [0.05, 0.1) is 0 Å². The molecule has 0 fully saturated rings. The Hall–Kier alpha value is -3.44. The number of nitrogens with one attached hydrogen (secondary N) is 4. The molecule has 0 atom stereocenters. The van der Waals surface area contributed by atoms with Gasteiger partial charge >= 0.3 is 11.4 Å². The van der Waals surface area contributed by atoms with E-state index >= 15 is 0 Å². The van der Waals surface area contributed by atoms with Gasteiger partial charge in [-0.15, -0.1) is 10.2 Å². The van der Waals surface area contributed by atoms with Crippen molar-refractivity contribution < 1.29 is 10.2 Å². The number of aromatic amines is 4. The first-order chi connectivity index (χ1) is 9.38. The Morgan fingerprint density at radius 1 is 0.650 bits per heavy atom. The van der Waals surface area contributed by atoms with E-state index in [1.54, 1.807) is 9.97 Å². The third-order valence-electron chi connectivity index (χ3n) is 2.05. The maximum Gasteiger partial charge on any atom is 0.328 e. The van der Waals surface area contributed by atoms with Crippen LogP contribution in [0.4, 0.5) is 11.4 Å². The predicted octanol–water partition coefficient (Wildman–Crippen LogP) is -1.73. The molecule has 2 rings (SSSR count). The van der Waals surface area contributed by atoms with Crippen molar-refractivity contribution in [1.29, 1.82) is 0 Å².